The van der Waals surface area contributed by atoms with Crippen molar-refractivity contribution >= 4 is 23.4 Å². The van der Waals surface area contributed by atoms with Gasteiger partial charge in [-0.25, -0.2) is 0 Å². The van der Waals surface area contributed by atoms with Crippen molar-refractivity contribution in [1.82, 2.24) is 10.2 Å². The molecule has 0 unspecified atom stereocenters. The van der Waals surface area contributed by atoms with Gasteiger partial charge in [0.15, 0.2) is 0 Å². The molecule has 1 amide bonds. The number of carbonyl (C=O) groups excluding carboxylic acids is 1. The Balaban J connectivity index is 2.01. The van der Waals surface area contributed by atoms with Crippen molar-refractivity contribution in [3.63, 3.8) is 0 Å². The van der Waals surface area contributed by atoms with Gasteiger partial charge in [-0.3, -0.25) is 9.69 Å². The van der Waals surface area contributed by atoms with E-state index >= 15 is 0 Å². The topological polar surface area (TPSA) is 109 Å². The molecule has 0 aliphatic carbocycles. The van der Waals surface area contributed by atoms with Crippen molar-refractivity contribution in [3.05, 3.63) is 36.2 Å². The summed E-state index contributed by atoms with van der Waals surface area (Å²) in [6.45, 7) is 0.146. The second-order valence-electron chi connectivity index (χ2n) is 3.93. The summed E-state index contributed by atoms with van der Waals surface area (Å²) in [6.07, 6.45) is 0. The Hall–Kier alpha value is -2.37. The number of nitrogens with zero attached hydrogens (tertiary/aromatic N) is 4. The number of nitrogens with two attached hydrogens (primary N) is 1. The van der Waals surface area contributed by atoms with Gasteiger partial charge in [-0.05, 0) is 12.1 Å². The van der Waals surface area contributed by atoms with E-state index in [4.69, 9.17) is 15.4 Å². The molecule has 2 N–H and O–H groups in total. The standard InChI is InChI=1S/C13H13N5O2S/c14-6-7-18(10-4-2-1-3-5-10)12(19)9-21-13-17-16-11(8-15)20-13/h1-5H,7-9,15H2. The lowest BCUT2D eigenvalue weighted by Gasteiger charge is -2.18. The smallest absolute Gasteiger partial charge is 0.277 e. The van der Waals surface area contributed by atoms with Gasteiger partial charge >= 0.3 is 0 Å². The first kappa shape index (κ1) is 15.0. The second kappa shape index (κ2) is 7.42. The number of aromatic nitrogens is 2. The molecule has 8 heteroatoms. The zero-order valence-corrected chi connectivity index (χ0v) is 11.9. The summed E-state index contributed by atoms with van der Waals surface area (Å²) in [6, 6.07) is 11.0. The number of rotatable bonds is 6. The van der Waals surface area contributed by atoms with Gasteiger partial charge in [-0.1, -0.05) is 30.0 Å². The van der Waals surface area contributed by atoms with E-state index in [0.29, 0.717) is 11.6 Å². The average Bonchev–Trinajstić information content (AvgIpc) is 2.99. The molecule has 21 heavy (non-hydrogen) atoms. The first-order valence-electron chi connectivity index (χ1n) is 6.12. The lowest BCUT2D eigenvalue weighted by molar-refractivity contribution is -0.116. The van der Waals surface area contributed by atoms with Crippen LogP contribution in [0.2, 0.25) is 0 Å². The predicted octanol–water partition coefficient (Wildman–Crippen LogP) is 1.18. The molecule has 0 saturated carbocycles. The van der Waals surface area contributed by atoms with Gasteiger partial charge in [0.2, 0.25) is 11.8 Å². The van der Waals surface area contributed by atoms with Crippen LogP contribution in [0.1, 0.15) is 5.89 Å². The van der Waals surface area contributed by atoms with E-state index in [2.05, 4.69) is 10.2 Å². The van der Waals surface area contributed by atoms with Gasteiger partial charge in [0, 0.05) is 5.69 Å². The number of para-hydroxylation sites is 1. The molecule has 108 valence electrons. The number of nitriles is 1. The number of anilines is 1. The maximum Gasteiger partial charge on any atom is 0.277 e. The van der Waals surface area contributed by atoms with Crippen LogP contribution in [0.15, 0.2) is 40.0 Å². The molecule has 0 atom stereocenters. The fourth-order valence-corrected chi connectivity index (χ4v) is 2.24. The van der Waals surface area contributed by atoms with Crippen LogP contribution in [-0.2, 0) is 11.3 Å². The van der Waals surface area contributed by atoms with Crippen molar-refractivity contribution in [2.75, 3.05) is 17.2 Å². The monoisotopic (exact) mass is 303 g/mol. The SMILES string of the molecule is N#CCN(C(=O)CSc1nnc(CN)o1)c1ccccc1. The summed E-state index contributed by atoms with van der Waals surface area (Å²) in [5, 5.41) is 16.6. The molecule has 0 bridgehead atoms. The van der Waals surface area contributed by atoms with Crippen molar-refractivity contribution < 1.29 is 9.21 Å². The van der Waals surface area contributed by atoms with Crippen molar-refractivity contribution in [1.29, 1.82) is 5.26 Å². The van der Waals surface area contributed by atoms with E-state index in [1.165, 1.54) is 4.90 Å². The summed E-state index contributed by atoms with van der Waals surface area (Å²) in [5.74, 6) is 0.213. The molecule has 2 aromatic rings. The number of hydrogen-bond acceptors (Lipinski definition) is 7. The van der Waals surface area contributed by atoms with Crippen molar-refractivity contribution in [2.45, 2.75) is 11.8 Å². The first-order chi connectivity index (χ1) is 10.2. The van der Waals surface area contributed by atoms with E-state index in [1.54, 1.807) is 12.1 Å². The molecule has 1 aromatic carbocycles. The normalized spacial score (nSPS) is 10.1. The highest BCUT2D eigenvalue weighted by Gasteiger charge is 2.17. The molecule has 0 saturated heterocycles. The third-order valence-electron chi connectivity index (χ3n) is 2.54. The first-order valence-corrected chi connectivity index (χ1v) is 7.10. The molecule has 2 rings (SSSR count). The quantitative estimate of drug-likeness (QED) is 0.630. The Morgan fingerprint density at radius 3 is 2.76 bits per heavy atom. The van der Waals surface area contributed by atoms with E-state index in [9.17, 15) is 4.79 Å². The maximum atomic E-state index is 12.2. The van der Waals surface area contributed by atoms with Crippen LogP contribution in [0.3, 0.4) is 0 Å². The number of carbonyl (C=O) groups is 1. The Kier molecular flexibility index (Phi) is 5.31. The van der Waals surface area contributed by atoms with Crippen LogP contribution in [0.5, 0.6) is 0 Å². The van der Waals surface area contributed by atoms with Gasteiger partial charge in [-0.15, -0.1) is 10.2 Å². The molecule has 0 spiro atoms. The highest BCUT2D eigenvalue weighted by molar-refractivity contribution is 7.99. The molecule has 7 nitrogen and oxygen atoms in total. The molecule has 0 aliphatic heterocycles. The highest BCUT2D eigenvalue weighted by Crippen LogP contribution is 2.19. The van der Waals surface area contributed by atoms with Crippen LogP contribution >= 0.6 is 11.8 Å². The molecule has 1 aromatic heterocycles. The molecular formula is C13H13N5O2S. The van der Waals surface area contributed by atoms with E-state index in [-0.39, 0.29) is 30.0 Å². The minimum atomic E-state index is -0.208. The Morgan fingerprint density at radius 1 is 1.38 bits per heavy atom. The maximum absolute atomic E-state index is 12.2. The number of hydrogen-bond donors (Lipinski definition) is 1. The van der Waals surface area contributed by atoms with Crippen LogP contribution < -0.4 is 10.6 Å². The minimum absolute atomic E-state index is 0.0126. The van der Waals surface area contributed by atoms with E-state index in [0.717, 1.165) is 11.8 Å². The fraction of sp³-hybridized carbons (Fsp3) is 0.231. The van der Waals surface area contributed by atoms with Crippen LogP contribution in [0, 0.1) is 11.3 Å². The predicted molar refractivity (Wildman–Crippen MR) is 77.3 cm³/mol. The number of benzene rings is 1. The van der Waals surface area contributed by atoms with Gasteiger partial charge in [-0.2, -0.15) is 5.26 Å². The summed E-state index contributed by atoms with van der Waals surface area (Å²) < 4.78 is 5.21. The highest BCUT2D eigenvalue weighted by atomic mass is 32.2. The molecule has 1 heterocycles. The van der Waals surface area contributed by atoms with E-state index < -0.39 is 0 Å². The number of thioether (sulfide) groups is 1. The average molecular weight is 303 g/mol. The van der Waals surface area contributed by atoms with Crippen LogP contribution in [-0.4, -0.2) is 28.4 Å². The van der Waals surface area contributed by atoms with Crippen LogP contribution in [0.25, 0.3) is 0 Å². The zero-order chi connectivity index (χ0) is 15.1. The molecular weight excluding hydrogens is 290 g/mol. The fourth-order valence-electron chi connectivity index (χ4n) is 1.58. The number of amides is 1. The van der Waals surface area contributed by atoms with Gasteiger partial charge in [0.1, 0.15) is 6.54 Å². The lowest BCUT2D eigenvalue weighted by atomic mass is 10.3. The van der Waals surface area contributed by atoms with Crippen molar-refractivity contribution in [3.8, 4) is 6.07 Å². The van der Waals surface area contributed by atoms with Gasteiger partial charge in [0.25, 0.3) is 5.22 Å². The summed E-state index contributed by atoms with van der Waals surface area (Å²) in [7, 11) is 0. The van der Waals surface area contributed by atoms with E-state index in [1.807, 2.05) is 24.3 Å². The zero-order valence-electron chi connectivity index (χ0n) is 11.1. The van der Waals surface area contributed by atoms with Gasteiger partial charge in [0.05, 0.1) is 18.4 Å². The minimum Gasteiger partial charge on any atom is -0.415 e. The molecule has 0 fully saturated rings. The van der Waals surface area contributed by atoms with Crippen molar-refractivity contribution in [2.24, 2.45) is 5.73 Å². The largest absolute Gasteiger partial charge is 0.415 e. The summed E-state index contributed by atoms with van der Waals surface area (Å²) >= 11 is 1.12. The molecule has 0 radical (unpaired) electrons. The third-order valence-corrected chi connectivity index (χ3v) is 3.34. The summed E-state index contributed by atoms with van der Waals surface area (Å²) in [5.41, 5.74) is 6.04. The second-order valence-corrected chi connectivity index (χ2v) is 4.85. The third kappa shape index (κ3) is 4.05. The molecule has 0 aliphatic rings. The Bertz CT molecular complexity index is 638. The van der Waals surface area contributed by atoms with Gasteiger partial charge < -0.3 is 10.2 Å². The lowest BCUT2D eigenvalue weighted by Crippen LogP contribution is -2.32. The Labute approximate surface area is 125 Å². The Morgan fingerprint density at radius 2 is 2.14 bits per heavy atom. The summed E-state index contributed by atoms with van der Waals surface area (Å²) in [4.78, 5) is 13.6. The van der Waals surface area contributed by atoms with Crippen LogP contribution in [0.4, 0.5) is 5.69 Å².